The zero-order valence-corrected chi connectivity index (χ0v) is 59.9. The summed E-state index contributed by atoms with van der Waals surface area (Å²) in [6, 6.07) is 23.0. The minimum Gasteiger partial charge on any atom is -0.490 e. The molecule has 4 fully saturated rings. The fraction of sp³-hybridized carbons (Fsp3) is 0.613. The molecule has 2 saturated heterocycles. The molecule has 4 N–H and O–H groups in total. The molecule has 2 saturated carbocycles. The summed E-state index contributed by atoms with van der Waals surface area (Å²) >= 11 is 12.9. The number of nitrogens with one attached hydrogen (secondary N) is 2. The quantitative estimate of drug-likeness (QED) is 0.138. The third kappa shape index (κ3) is 12.7. The zero-order chi connectivity index (χ0) is 68.0. The number of sulfonamides is 1. The number of benzene rings is 4. The number of amides is 4. The molecule has 0 aromatic heterocycles. The zero-order valence-electron chi connectivity index (χ0n) is 56.7. The number of aryl methyl sites for hydroxylation is 2. The molecule has 4 aromatic rings. The average molecular weight is 1390 g/mol. The van der Waals surface area contributed by atoms with Crippen LogP contribution >= 0.6 is 23.2 Å². The first-order chi connectivity index (χ1) is 45.6. The van der Waals surface area contributed by atoms with Crippen LogP contribution in [-0.4, -0.2) is 150 Å². The summed E-state index contributed by atoms with van der Waals surface area (Å²) in [5.41, 5.74) is 4.31. The van der Waals surface area contributed by atoms with Crippen LogP contribution in [0.4, 0.5) is 11.4 Å². The fourth-order valence-electron chi connectivity index (χ4n) is 18.9. The molecule has 4 aliphatic carbocycles. The van der Waals surface area contributed by atoms with Crippen LogP contribution in [0.25, 0.3) is 0 Å². The van der Waals surface area contributed by atoms with E-state index in [1.807, 2.05) is 59.1 Å². The molecule has 1 unspecified atom stereocenters. The number of fused-ring (bicyclic) bond motifs is 8. The largest absolute Gasteiger partial charge is 0.490 e. The van der Waals surface area contributed by atoms with Crippen LogP contribution in [0, 0.1) is 47.3 Å². The van der Waals surface area contributed by atoms with Gasteiger partial charge in [0.15, 0.2) is 0 Å². The lowest BCUT2D eigenvalue weighted by Gasteiger charge is -2.52. The molecule has 4 aromatic carbocycles. The number of halogens is 2. The molecule has 10 aliphatic rings. The third-order valence-corrected chi connectivity index (χ3v) is 29.9. The predicted octanol–water partition coefficient (Wildman–Crippen LogP) is 10.9. The van der Waals surface area contributed by atoms with Gasteiger partial charge in [-0.1, -0.05) is 62.0 Å². The Labute approximate surface area is 578 Å². The lowest BCUT2D eigenvalue weighted by Crippen LogP contribution is -2.57. The minimum atomic E-state index is -3.98. The van der Waals surface area contributed by atoms with Crippen LogP contribution in [0.3, 0.4) is 0 Å². The van der Waals surface area contributed by atoms with Gasteiger partial charge in [-0.25, -0.2) is 17.3 Å². The van der Waals surface area contributed by atoms with E-state index in [-0.39, 0.29) is 69.0 Å². The number of carbonyl (C=O) groups excluding carboxylic acids is 4. The summed E-state index contributed by atoms with van der Waals surface area (Å²) in [7, 11) is -3.32. The van der Waals surface area contributed by atoms with Crippen molar-refractivity contribution < 1.29 is 51.5 Å². The molecular weight excluding hydrogens is 1300 g/mol. The summed E-state index contributed by atoms with van der Waals surface area (Å²) in [5, 5.41) is 25.7. The summed E-state index contributed by atoms with van der Waals surface area (Å²) in [4.78, 5) is 62.4. The Kier molecular flexibility index (Phi) is 19.0. The van der Waals surface area contributed by atoms with Crippen LogP contribution in [0.2, 0.25) is 10.0 Å². The minimum absolute atomic E-state index is 0.00107. The van der Waals surface area contributed by atoms with Crippen molar-refractivity contribution in [2.24, 2.45) is 47.3 Å². The molecule has 21 heteroatoms. The van der Waals surface area contributed by atoms with Gasteiger partial charge in [0.1, 0.15) is 11.5 Å². The summed E-state index contributed by atoms with van der Waals surface area (Å²) in [6.45, 7) is 12.3. The predicted molar refractivity (Wildman–Crippen MR) is 378 cm³/mol. The standard InChI is InChI=1S/C38H50ClN3O5S.C37H48ClN3O6S/c1-24-7-5-17-38(45,32-15-18-41(3)36(32)44)31-12-9-28(31)21-42-22-37(16-6-8-26-19-29(39)11-13-30(26)37)23-47-34-14-10-27(20-33(34)42)35(43)40-48(4,46)25(24)2;1-23-6-4-16-37(44,31-14-17-40(3)35(31)43)30-11-8-27(30)20-41-21-36(15-5-7-25-18-28(38)10-12-29(25)36)22-47-33-13-9-26(19-32(33)41)34(42)39-48(45,46)24(23)2/h10-11,13-14,19-20,24-25,28,31-32,45H,4-9,12,15-18,21-23H2,1-3H3,(H,40,43,46);9-10,12-13,18-19,23-24,27,30-31,44H,4-8,11,14-17,20-22H2,1-3H3,(H,39,42)/t24-,25+,28-,31+,32-,37-,38+,48?;23-,24+,27-,30+,31-,36-,37-/m00/s1. The Hall–Kier alpha value is -5.57. The summed E-state index contributed by atoms with van der Waals surface area (Å²) in [5.74, 6) is 3.39. The average Bonchev–Trinajstić information content (AvgIpc) is 1.45. The maximum atomic E-state index is 13.9. The molecule has 4 amide bonds. The molecule has 14 rings (SSSR count). The molecule has 96 heavy (non-hydrogen) atoms. The lowest BCUT2D eigenvalue weighted by atomic mass is 9.59. The molecule has 6 aliphatic heterocycles. The van der Waals surface area contributed by atoms with E-state index < -0.39 is 59.8 Å². The number of aliphatic hydroxyl groups is 2. The van der Waals surface area contributed by atoms with Gasteiger partial charge in [0, 0.05) is 90.6 Å². The maximum absolute atomic E-state index is 13.9. The number of rotatable bonds is 2. The summed E-state index contributed by atoms with van der Waals surface area (Å²) in [6.07, 6.45) is 14.2. The Morgan fingerprint density at radius 3 is 1.40 bits per heavy atom. The lowest BCUT2D eigenvalue weighted by molar-refractivity contribution is -0.155. The van der Waals surface area contributed by atoms with E-state index in [1.54, 1.807) is 41.0 Å². The second-order valence-electron chi connectivity index (χ2n) is 30.9. The van der Waals surface area contributed by atoms with E-state index in [0.29, 0.717) is 126 Å². The van der Waals surface area contributed by atoms with Gasteiger partial charge in [0.25, 0.3) is 11.8 Å². The first-order valence-electron chi connectivity index (χ1n) is 35.4. The molecule has 17 nitrogen and oxygen atoms in total. The Bertz CT molecular complexity index is 3680. The van der Waals surface area contributed by atoms with Gasteiger partial charge in [-0.2, -0.15) is 0 Å². The number of hydrogen-bond donors (Lipinski definition) is 4. The van der Waals surface area contributed by atoms with Crippen LogP contribution in [0.15, 0.2) is 72.8 Å². The van der Waals surface area contributed by atoms with Gasteiger partial charge < -0.3 is 39.3 Å². The van der Waals surface area contributed by atoms with Gasteiger partial charge in [-0.3, -0.25) is 23.9 Å². The highest BCUT2D eigenvalue weighted by atomic mass is 35.5. The van der Waals surface area contributed by atoms with E-state index in [2.05, 4.69) is 49.4 Å². The van der Waals surface area contributed by atoms with Crippen molar-refractivity contribution in [2.45, 2.75) is 176 Å². The normalized spacial score (nSPS) is 36.1. The molecule has 0 radical (unpaired) electrons. The Morgan fingerprint density at radius 1 is 0.542 bits per heavy atom. The van der Waals surface area contributed by atoms with Crippen molar-refractivity contribution in [3.05, 3.63) is 116 Å². The van der Waals surface area contributed by atoms with E-state index in [0.717, 1.165) is 80.6 Å². The number of nitrogens with zero attached hydrogens (tertiary/aromatic N) is 4. The third-order valence-electron chi connectivity index (χ3n) is 25.4. The Morgan fingerprint density at radius 2 is 0.979 bits per heavy atom. The van der Waals surface area contributed by atoms with Crippen LogP contribution in [0.1, 0.15) is 173 Å². The highest BCUT2D eigenvalue weighted by Crippen LogP contribution is 2.55. The monoisotopic (exact) mass is 1390 g/mol. The van der Waals surface area contributed by atoms with E-state index in [4.69, 9.17) is 32.7 Å². The molecule has 6 heterocycles. The van der Waals surface area contributed by atoms with Crippen molar-refractivity contribution >= 4 is 83.8 Å². The molecule has 4 bridgehead atoms. The van der Waals surface area contributed by atoms with E-state index in [1.165, 1.54) is 22.3 Å². The smallest absolute Gasteiger partial charge is 0.264 e. The van der Waals surface area contributed by atoms with Crippen LogP contribution in [-0.2, 0) is 53.0 Å². The number of anilines is 2. The number of carbonyl (C=O) groups is 4. The van der Waals surface area contributed by atoms with E-state index in [9.17, 15) is 42.0 Å². The van der Waals surface area contributed by atoms with Crippen molar-refractivity contribution in [1.82, 2.24) is 19.2 Å². The number of ether oxygens (including phenoxy) is 2. The highest BCUT2D eigenvalue weighted by molar-refractivity contribution is 7.99. The van der Waals surface area contributed by atoms with Gasteiger partial charge in [-0.15, -0.1) is 0 Å². The van der Waals surface area contributed by atoms with E-state index >= 15 is 0 Å². The van der Waals surface area contributed by atoms with Gasteiger partial charge >= 0.3 is 0 Å². The van der Waals surface area contributed by atoms with Crippen LogP contribution in [0.5, 0.6) is 11.5 Å². The molecule has 520 valence electrons. The van der Waals surface area contributed by atoms with Crippen LogP contribution < -0.4 is 28.7 Å². The van der Waals surface area contributed by atoms with Crippen molar-refractivity contribution in [3.63, 3.8) is 0 Å². The van der Waals surface area contributed by atoms with Crippen molar-refractivity contribution in [3.8, 4) is 11.5 Å². The summed E-state index contributed by atoms with van der Waals surface area (Å²) < 4.78 is 59.2. The van der Waals surface area contributed by atoms with Gasteiger partial charge in [-0.05, 0) is 241 Å². The topological polar surface area (TPSA) is 215 Å². The fourth-order valence-corrected chi connectivity index (χ4v) is 22.1. The molecule has 2 spiro atoms. The second-order valence-corrected chi connectivity index (χ2v) is 36.2. The second kappa shape index (κ2) is 26.5. The van der Waals surface area contributed by atoms with Gasteiger partial charge in [0.2, 0.25) is 21.8 Å². The first kappa shape index (κ1) is 68.9. The Balaban J connectivity index is 0.000000174. The first-order valence-corrected chi connectivity index (χ1v) is 39.5. The highest BCUT2D eigenvalue weighted by Gasteiger charge is 2.58. The number of hydrogen-bond acceptors (Lipinski definition) is 13. The maximum Gasteiger partial charge on any atom is 0.264 e. The van der Waals surface area contributed by atoms with Crippen molar-refractivity contribution in [1.29, 1.82) is 0 Å². The molecule has 15 atom stereocenters. The van der Waals surface area contributed by atoms with Crippen molar-refractivity contribution in [2.75, 3.05) is 76.4 Å². The SMILES string of the molecule is C=S1(=O)NC(=O)c2ccc3c(c2)N(C[C@@H]2CC[C@H]2[C@@](O)([C@H]2CCN(C)C2=O)CCC[C@H](C)[C@H]1C)C[C@@]1(CCCc2cc(Cl)ccc21)CO3.C[C@@H]1[C@@H](C)CCC[C@@](O)([C@H]2CCN(C)C2=O)[C@@H]2CC[C@H]2CN2C[C@@]3(CCCc4cc(Cl)ccc43)COc3ccc(cc32)C(=O)NS1(=O)=O. The number of likely N-dealkylation sites (tertiary alicyclic amines) is 2. The van der Waals surface area contributed by atoms with Gasteiger partial charge in [0.05, 0.1) is 62.6 Å². The molecular formula is C75H98Cl2N6O11S2.